The summed E-state index contributed by atoms with van der Waals surface area (Å²) >= 11 is 0. The van der Waals surface area contributed by atoms with Crippen LogP contribution in [-0.2, 0) is 6.42 Å². The Labute approximate surface area is 184 Å². The fourth-order valence-corrected chi connectivity index (χ4v) is 4.10. The van der Waals surface area contributed by atoms with Gasteiger partial charge in [-0.2, -0.15) is 0 Å². The molecule has 31 heavy (non-hydrogen) atoms. The maximum Gasteiger partial charge on any atom is 0.225 e. The molecular formula is C24H32N6O. The molecule has 1 atom stereocenters. The number of imidazole rings is 1. The highest BCUT2D eigenvalue weighted by Crippen LogP contribution is 2.26. The zero-order valence-corrected chi connectivity index (χ0v) is 18.6. The third-order valence-electron chi connectivity index (χ3n) is 6.19. The Morgan fingerprint density at radius 2 is 1.74 bits per heavy atom. The predicted molar refractivity (Wildman–Crippen MR) is 124 cm³/mol. The number of hydrogen-bond donors (Lipinski definition) is 1. The van der Waals surface area contributed by atoms with Crippen molar-refractivity contribution in [3.05, 3.63) is 54.7 Å². The van der Waals surface area contributed by atoms with Crippen LogP contribution in [-0.4, -0.2) is 58.4 Å². The third-order valence-corrected chi connectivity index (χ3v) is 6.19. The molecule has 1 N–H and O–H groups in total. The van der Waals surface area contributed by atoms with Gasteiger partial charge >= 0.3 is 0 Å². The summed E-state index contributed by atoms with van der Waals surface area (Å²) in [6, 6.07) is 8.34. The quantitative estimate of drug-likeness (QED) is 0.632. The highest BCUT2D eigenvalue weighted by molar-refractivity contribution is 5.57. The third kappa shape index (κ3) is 4.88. The van der Waals surface area contributed by atoms with Gasteiger partial charge in [-0.3, -0.25) is 0 Å². The zero-order valence-electron chi connectivity index (χ0n) is 18.6. The summed E-state index contributed by atoms with van der Waals surface area (Å²) in [4.78, 5) is 17.9. The number of anilines is 2. The van der Waals surface area contributed by atoms with Crippen molar-refractivity contribution in [3.63, 3.8) is 0 Å². The first-order valence-corrected chi connectivity index (χ1v) is 11.0. The second-order valence-electron chi connectivity index (χ2n) is 8.73. The van der Waals surface area contributed by atoms with E-state index in [1.807, 2.05) is 37.3 Å². The summed E-state index contributed by atoms with van der Waals surface area (Å²) in [5.41, 5.74) is 4.17. The first-order valence-electron chi connectivity index (χ1n) is 11.0. The van der Waals surface area contributed by atoms with Crippen molar-refractivity contribution in [2.45, 2.75) is 32.2 Å². The molecular weight excluding hydrogens is 388 g/mol. The number of piperidine rings is 1. The van der Waals surface area contributed by atoms with Crippen molar-refractivity contribution < 1.29 is 5.11 Å². The van der Waals surface area contributed by atoms with E-state index < -0.39 is 0 Å². The van der Waals surface area contributed by atoms with Gasteiger partial charge in [0.2, 0.25) is 5.95 Å². The van der Waals surface area contributed by atoms with Crippen LogP contribution in [0.4, 0.5) is 11.6 Å². The lowest BCUT2D eigenvalue weighted by Crippen LogP contribution is -2.34. The van der Waals surface area contributed by atoms with Crippen LogP contribution in [0.5, 0.6) is 0 Å². The predicted octanol–water partition coefficient (Wildman–Crippen LogP) is 3.42. The van der Waals surface area contributed by atoms with Gasteiger partial charge in [-0.1, -0.05) is 19.1 Å². The van der Waals surface area contributed by atoms with Gasteiger partial charge in [-0.25, -0.2) is 15.0 Å². The lowest BCUT2D eigenvalue weighted by atomic mass is 10.00. The topological polar surface area (TPSA) is 70.3 Å². The average Bonchev–Trinajstić information content (AvgIpc) is 3.28. The van der Waals surface area contributed by atoms with Crippen LogP contribution in [0.3, 0.4) is 0 Å². The van der Waals surface area contributed by atoms with Crippen molar-refractivity contribution in [1.82, 2.24) is 19.5 Å². The van der Waals surface area contributed by atoms with Gasteiger partial charge < -0.3 is 19.5 Å². The lowest BCUT2D eigenvalue weighted by Gasteiger charge is -2.30. The molecule has 7 nitrogen and oxygen atoms in total. The molecule has 0 aliphatic carbocycles. The molecule has 3 aromatic rings. The fourth-order valence-electron chi connectivity index (χ4n) is 4.10. The monoisotopic (exact) mass is 420 g/mol. The largest absolute Gasteiger partial charge is 0.394 e. The molecule has 1 aliphatic rings. The van der Waals surface area contributed by atoms with E-state index in [2.05, 4.69) is 55.9 Å². The molecule has 1 fully saturated rings. The summed E-state index contributed by atoms with van der Waals surface area (Å²) in [7, 11) is 4.06. The Morgan fingerprint density at radius 3 is 2.35 bits per heavy atom. The Kier molecular flexibility index (Phi) is 6.51. The van der Waals surface area contributed by atoms with Gasteiger partial charge in [0.1, 0.15) is 0 Å². The van der Waals surface area contributed by atoms with E-state index in [0.717, 1.165) is 48.3 Å². The van der Waals surface area contributed by atoms with Crippen LogP contribution >= 0.6 is 0 Å². The average molecular weight is 421 g/mol. The molecule has 3 heterocycles. The zero-order chi connectivity index (χ0) is 21.8. The van der Waals surface area contributed by atoms with Crippen LogP contribution in [0.1, 0.15) is 31.4 Å². The first-order chi connectivity index (χ1) is 15.0. The van der Waals surface area contributed by atoms with Crippen molar-refractivity contribution in [1.29, 1.82) is 0 Å². The number of nitrogens with zero attached hydrogens (tertiary/aromatic N) is 6. The molecule has 0 radical (unpaired) electrons. The molecule has 1 saturated heterocycles. The number of hydrogen-bond acceptors (Lipinski definition) is 6. The number of aromatic nitrogens is 4. The smallest absolute Gasteiger partial charge is 0.225 e. The maximum absolute atomic E-state index is 10.1. The molecule has 0 amide bonds. The number of aliphatic hydroxyl groups is 1. The lowest BCUT2D eigenvalue weighted by molar-refractivity contribution is 0.228. The molecule has 4 rings (SSSR count). The number of rotatable bonds is 7. The Balaban J connectivity index is 1.50. The molecule has 2 aromatic heterocycles. The van der Waals surface area contributed by atoms with Crippen molar-refractivity contribution in [3.8, 4) is 11.3 Å². The van der Waals surface area contributed by atoms with Gasteiger partial charge in [0.15, 0.2) is 0 Å². The normalized spacial score (nSPS) is 15.8. The van der Waals surface area contributed by atoms with Gasteiger partial charge in [-0.15, -0.1) is 0 Å². The molecule has 1 unspecified atom stereocenters. The van der Waals surface area contributed by atoms with E-state index in [9.17, 15) is 5.11 Å². The molecule has 0 saturated carbocycles. The standard InChI is InChI=1S/C24H32N6O/c1-18-8-10-29(11-9-18)24-26-13-20(14-27-24)23-15-25-17-30(23)22(16-31)12-19-4-6-21(7-5-19)28(2)3/h4-7,13-15,17-18,22,31H,8-12,16H2,1-3H3. The minimum atomic E-state index is -0.106. The van der Waals surface area contributed by atoms with Gasteiger partial charge in [0, 0.05) is 50.8 Å². The maximum atomic E-state index is 10.1. The van der Waals surface area contributed by atoms with E-state index in [1.54, 1.807) is 6.33 Å². The van der Waals surface area contributed by atoms with E-state index >= 15 is 0 Å². The minimum absolute atomic E-state index is 0.0314. The number of aliphatic hydroxyl groups excluding tert-OH is 1. The summed E-state index contributed by atoms with van der Waals surface area (Å²) in [6.45, 7) is 4.36. The van der Waals surface area contributed by atoms with E-state index in [1.165, 1.54) is 18.4 Å². The van der Waals surface area contributed by atoms with Crippen LogP contribution in [0, 0.1) is 5.92 Å². The molecule has 0 spiro atoms. The Hall–Kier alpha value is -2.93. The molecule has 1 aromatic carbocycles. The molecule has 1 aliphatic heterocycles. The number of benzene rings is 1. The minimum Gasteiger partial charge on any atom is -0.394 e. The first kappa shape index (κ1) is 21.3. The second kappa shape index (κ2) is 9.47. The molecule has 7 heteroatoms. The van der Waals surface area contributed by atoms with Gasteiger partial charge in [-0.05, 0) is 42.9 Å². The summed E-state index contributed by atoms with van der Waals surface area (Å²) in [6.07, 6.45) is 10.4. The van der Waals surface area contributed by atoms with Gasteiger partial charge in [0.25, 0.3) is 0 Å². The van der Waals surface area contributed by atoms with E-state index in [0.29, 0.717) is 0 Å². The molecule has 0 bridgehead atoms. The van der Waals surface area contributed by atoms with Crippen LogP contribution in [0.15, 0.2) is 49.2 Å². The Bertz CT molecular complexity index is 958. The van der Waals surface area contributed by atoms with Crippen LogP contribution in [0.2, 0.25) is 0 Å². The van der Waals surface area contributed by atoms with Crippen molar-refractivity contribution >= 4 is 11.6 Å². The molecule has 164 valence electrons. The van der Waals surface area contributed by atoms with Crippen LogP contribution < -0.4 is 9.80 Å². The van der Waals surface area contributed by atoms with Crippen LogP contribution in [0.25, 0.3) is 11.3 Å². The summed E-state index contributed by atoms with van der Waals surface area (Å²) in [5, 5.41) is 10.1. The fraction of sp³-hybridized carbons (Fsp3) is 0.458. The van der Waals surface area contributed by atoms with E-state index in [-0.39, 0.29) is 12.6 Å². The highest BCUT2D eigenvalue weighted by atomic mass is 16.3. The summed E-state index contributed by atoms with van der Waals surface area (Å²) < 4.78 is 2.03. The Morgan fingerprint density at radius 1 is 1.06 bits per heavy atom. The van der Waals surface area contributed by atoms with E-state index in [4.69, 9.17) is 0 Å². The van der Waals surface area contributed by atoms with Gasteiger partial charge in [0.05, 0.1) is 30.9 Å². The SMILES string of the molecule is CC1CCN(c2ncc(-c3cncn3C(CO)Cc3ccc(N(C)C)cc3)cn2)CC1. The highest BCUT2D eigenvalue weighted by Gasteiger charge is 2.19. The summed E-state index contributed by atoms with van der Waals surface area (Å²) in [5.74, 6) is 1.57. The van der Waals surface area contributed by atoms with Crippen molar-refractivity contribution in [2.75, 3.05) is 43.6 Å². The van der Waals surface area contributed by atoms with Crippen molar-refractivity contribution in [2.24, 2.45) is 5.92 Å². The second-order valence-corrected chi connectivity index (χ2v) is 8.73.